The van der Waals surface area contributed by atoms with Crippen molar-refractivity contribution in [1.29, 1.82) is 0 Å². The first-order valence-corrected chi connectivity index (χ1v) is 5.99. The van der Waals surface area contributed by atoms with Crippen LogP contribution in [0, 0.1) is 6.92 Å². The zero-order valence-corrected chi connectivity index (χ0v) is 11.0. The number of nitrogens with one attached hydrogen (secondary N) is 1. The predicted molar refractivity (Wildman–Crippen MR) is 67.5 cm³/mol. The Morgan fingerprint density at radius 3 is 2.88 bits per heavy atom. The second kappa shape index (κ2) is 4.22. The highest BCUT2D eigenvalue weighted by molar-refractivity contribution is 6.31. The topological polar surface area (TPSA) is 38.3 Å². The molecule has 1 atom stereocenters. The summed E-state index contributed by atoms with van der Waals surface area (Å²) in [7, 11) is 0. The van der Waals surface area contributed by atoms with Crippen molar-refractivity contribution in [2.45, 2.75) is 38.8 Å². The van der Waals surface area contributed by atoms with E-state index in [2.05, 4.69) is 5.32 Å². The average Bonchev–Trinajstić information content (AvgIpc) is 2.20. The smallest absolute Gasteiger partial charge is 0.207 e. The van der Waals surface area contributed by atoms with Crippen LogP contribution in [0.15, 0.2) is 12.1 Å². The van der Waals surface area contributed by atoms with Gasteiger partial charge >= 0.3 is 0 Å². The molecule has 17 heavy (non-hydrogen) atoms. The number of hydrogen-bond donors (Lipinski definition) is 1. The number of rotatable bonds is 2. The van der Waals surface area contributed by atoms with Crippen LogP contribution >= 0.6 is 11.6 Å². The third-order valence-electron chi connectivity index (χ3n) is 3.02. The molecule has 1 N–H and O–H groups in total. The van der Waals surface area contributed by atoms with Gasteiger partial charge in [0.2, 0.25) is 6.41 Å². The first-order chi connectivity index (χ1) is 7.93. The molecule has 92 valence electrons. The number of carbonyl (C=O) groups excluding carboxylic acids is 1. The fraction of sp³-hybridized carbons (Fsp3) is 0.462. The minimum absolute atomic E-state index is 0.0376. The third kappa shape index (κ3) is 2.39. The summed E-state index contributed by atoms with van der Waals surface area (Å²) < 4.78 is 5.92. The Kier molecular flexibility index (Phi) is 3.04. The molecule has 2 rings (SSSR count). The summed E-state index contributed by atoms with van der Waals surface area (Å²) in [5.74, 6) is 0.808. The summed E-state index contributed by atoms with van der Waals surface area (Å²) in [4.78, 5) is 10.7. The van der Waals surface area contributed by atoms with Crippen molar-refractivity contribution in [1.82, 2.24) is 5.32 Å². The van der Waals surface area contributed by atoms with Gasteiger partial charge in [0, 0.05) is 17.0 Å². The second-order valence-corrected chi connectivity index (χ2v) is 5.45. The molecule has 0 saturated carbocycles. The van der Waals surface area contributed by atoms with Gasteiger partial charge in [0.05, 0.1) is 6.04 Å². The first kappa shape index (κ1) is 12.2. The molecule has 0 fully saturated rings. The molecule has 0 spiro atoms. The Labute approximate surface area is 106 Å². The van der Waals surface area contributed by atoms with Gasteiger partial charge in [-0.2, -0.15) is 0 Å². The molecule has 1 unspecified atom stereocenters. The number of aryl methyl sites for hydroxylation is 1. The molecule has 0 saturated heterocycles. The van der Waals surface area contributed by atoms with Crippen LogP contribution in [0.1, 0.15) is 37.4 Å². The summed E-state index contributed by atoms with van der Waals surface area (Å²) in [6.45, 7) is 5.97. The van der Waals surface area contributed by atoms with Crippen molar-refractivity contribution in [3.8, 4) is 5.75 Å². The lowest BCUT2D eigenvalue weighted by molar-refractivity contribution is -0.110. The average molecular weight is 254 g/mol. The van der Waals surface area contributed by atoms with E-state index in [1.54, 1.807) is 0 Å². The Morgan fingerprint density at radius 1 is 1.53 bits per heavy atom. The van der Waals surface area contributed by atoms with Gasteiger partial charge in [-0.1, -0.05) is 11.6 Å². The van der Waals surface area contributed by atoms with Crippen molar-refractivity contribution in [3.05, 3.63) is 28.3 Å². The van der Waals surface area contributed by atoms with Gasteiger partial charge in [0.25, 0.3) is 0 Å². The van der Waals surface area contributed by atoms with E-state index in [9.17, 15) is 4.79 Å². The van der Waals surface area contributed by atoms with Gasteiger partial charge in [-0.25, -0.2) is 0 Å². The van der Waals surface area contributed by atoms with Gasteiger partial charge in [0.15, 0.2) is 0 Å². The number of ether oxygens (including phenoxy) is 1. The molecule has 0 bridgehead atoms. The second-order valence-electron chi connectivity index (χ2n) is 5.04. The Balaban J connectivity index is 2.48. The molecule has 3 nitrogen and oxygen atoms in total. The molecule has 1 amide bonds. The fourth-order valence-electron chi connectivity index (χ4n) is 2.20. The van der Waals surface area contributed by atoms with E-state index in [0.717, 1.165) is 29.7 Å². The molecule has 0 aliphatic carbocycles. The molecule has 1 heterocycles. The molecule has 4 heteroatoms. The normalized spacial score (nSPS) is 21.3. The van der Waals surface area contributed by atoms with Gasteiger partial charge in [0.1, 0.15) is 11.4 Å². The van der Waals surface area contributed by atoms with Crippen LogP contribution in [-0.2, 0) is 4.79 Å². The van der Waals surface area contributed by atoms with Gasteiger partial charge in [-0.15, -0.1) is 0 Å². The van der Waals surface area contributed by atoms with E-state index in [0.29, 0.717) is 5.02 Å². The number of halogens is 1. The van der Waals surface area contributed by atoms with Crippen LogP contribution in [0.2, 0.25) is 5.02 Å². The van der Waals surface area contributed by atoms with Crippen molar-refractivity contribution < 1.29 is 9.53 Å². The highest BCUT2D eigenvalue weighted by atomic mass is 35.5. The fourth-order valence-corrected chi connectivity index (χ4v) is 2.37. The van der Waals surface area contributed by atoms with Crippen molar-refractivity contribution in [3.63, 3.8) is 0 Å². The number of carbonyl (C=O) groups is 1. The summed E-state index contributed by atoms with van der Waals surface area (Å²) >= 11 is 6.11. The van der Waals surface area contributed by atoms with E-state index < -0.39 is 0 Å². The van der Waals surface area contributed by atoms with E-state index in [1.165, 1.54) is 0 Å². The van der Waals surface area contributed by atoms with Crippen molar-refractivity contribution in [2.75, 3.05) is 0 Å². The molecule has 1 aliphatic rings. The van der Waals surface area contributed by atoms with Crippen LogP contribution in [0.3, 0.4) is 0 Å². The first-order valence-electron chi connectivity index (χ1n) is 5.62. The number of fused-ring (bicyclic) bond motifs is 1. The molecule has 1 aromatic rings. The molecular weight excluding hydrogens is 238 g/mol. The van der Waals surface area contributed by atoms with E-state index in [-0.39, 0.29) is 11.6 Å². The van der Waals surface area contributed by atoms with Crippen molar-refractivity contribution in [2.24, 2.45) is 0 Å². The van der Waals surface area contributed by atoms with Crippen LogP contribution in [0.25, 0.3) is 0 Å². The maximum Gasteiger partial charge on any atom is 0.207 e. The van der Waals surface area contributed by atoms with E-state index >= 15 is 0 Å². The SMILES string of the molecule is Cc1cc2c(cc1Cl)C(NC=O)CC(C)(C)O2. The molecule has 1 aliphatic heterocycles. The lowest BCUT2D eigenvalue weighted by Crippen LogP contribution is -2.39. The zero-order chi connectivity index (χ0) is 12.6. The monoisotopic (exact) mass is 253 g/mol. The Hall–Kier alpha value is -1.22. The quantitative estimate of drug-likeness (QED) is 0.823. The zero-order valence-electron chi connectivity index (χ0n) is 10.2. The number of amides is 1. The van der Waals surface area contributed by atoms with Gasteiger partial charge in [-0.3, -0.25) is 4.79 Å². The Morgan fingerprint density at radius 2 is 2.24 bits per heavy atom. The minimum atomic E-state index is -0.284. The van der Waals surface area contributed by atoms with Crippen LogP contribution in [0.4, 0.5) is 0 Å². The summed E-state index contributed by atoms with van der Waals surface area (Å²) in [6, 6.07) is 3.77. The summed E-state index contributed by atoms with van der Waals surface area (Å²) in [6.07, 6.45) is 1.46. The molecular formula is C13H16ClNO2. The van der Waals surface area contributed by atoms with E-state index in [1.807, 2.05) is 32.9 Å². The maximum atomic E-state index is 10.7. The highest BCUT2D eigenvalue weighted by Crippen LogP contribution is 2.41. The van der Waals surface area contributed by atoms with Gasteiger partial charge in [-0.05, 0) is 38.5 Å². The highest BCUT2D eigenvalue weighted by Gasteiger charge is 2.33. The summed E-state index contributed by atoms with van der Waals surface area (Å²) in [5, 5.41) is 3.52. The summed E-state index contributed by atoms with van der Waals surface area (Å²) in [5.41, 5.74) is 1.65. The third-order valence-corrected chi connectivity index (χ3v) is 3.42. The van der Waals surface area contributed by atoms with E-state index in [4.69, 9.17) is 16.3 Å². The lowest BCUT2D eigenvalue weighted by atomic mass is 9.89. The van der Waals surface area contributed by atoms with Crippen molar-refractivity contribution >= 4 is 18.0 Å². The largest absolute Gasteiger partial charge is 0.487 e. The van der Waals surface area contributed by atoms with Crippen LogP contribution in [-0.4, -0.2) is 12.0 Å². The predicted octanol–water partition coefficient (Wildman–Crippen LogP) is 3.00. The van der Waals surface area contributed by atoms with Crippen LogP contribution < -0.4 is 10.1 Å². The molecule has 0 radical (unpaired) electrons. The number of benzene rings is 1. The molecule has 0 aromatic heterocycles. The maximum absolute atomic E-state index is 10.7. The van der Waals surface area contributed by atoms with Gasteiger partial charge < -0.3 is 10.1 Å². The number of hydrogen-bond acceptors (Lipinski definition) is 2. The Bertz CT molecular complexity index is 457. The van der Waals surface area contributed by atoms with Crippen LogP contribution in [0.5, 0.6) is 5.75 Å². The minimum Gasteiger partial charge on any atom is -0.487 e. The molecule has 1 aromatic carbocycles. The lowest BCUT2D eigenvalue weighted by Gasteiger charge is -2.37. The standard InChI is InChI=1S/C13H16ClNO2/c1-8-4-12-9(5-10(8)14)11(15-7-16)6-13(2,3)17-12/h4-5,7,11H,6H2,1-3H3,(H,15,16).